The van der Waals surface area contributed by atoms with Crippen LogP contribution in [0.2, 0.25) is 0 Å². The molecule has 0 spiro atoms. The van der Waals surface area contributed by atoms with Crippen LogP contribution in [0, 0.1) is 0 Å². The number of aromatic nitrogens is 2. The molecule has 1 heterocycles. The van der Waals surface area contributed by atoms with Crippen molar-refractivity contribution in [2.45, 2.75) is 11.3 Å². The lowest BCUT2D eigenvalue weighted by atomic mass is 10.1. The third-order valence-electron chi connectivity index (χ3n) is 4.49. The second kappa shape index (κ2) is 10.3. The van der Waals surface area contributed by atoms with Crippen LogP contribution in [-0.4, -0.2) is 56.8 Å². The molecule has 9 heteroatoms. The lowest BCUT2D eigenvalue weighted by Crippen LogP contribution is -2.27. The Morgan fingerprint density at radius 1 is 1.00 bits per heavy atom. The number of carbonyl (C=O) groups is 1. The van der Waals surface area contributed by atoms with Crippen molar-refractivity contribution in [2.24, 2.45) is 0 Å². The van der Waals surface area contributed by atoms with E-state index < -0.39 is 10.0 Å². The summed E-state index contributed by atoms with van der Waals surface area (Å²) in [5, 5.41) is 3.08. The molecule has 0 bridgehead atoms. The van der Waals surface area contributed by atoms with Crippen LogP contribution < -0.4 is 10.0 Å². The molecule has 0 aliphatic heterocycles. The van der Waals surface area contributed by atoms with Crippen LogP contribution in [0.4, 0.5) is 11.6 Å². The SMILES string of the molecule is CN(C)CCCNS(=O)(=O)c1ccc(Nc2nccc(-c3ccc(C=O)cc3)n2)cc1. The van der Waals surface area contributed by atoms with Crippen LogP contribution in [0.15, 0.2) is 65.7 Å². The van der Waals surface area contributed by atoms with Crippen molar-refractivity contribution in [1.82, 2.24) is 19.6 Å². The largest absolute Gasteiger partial charge is 0.324 e. The van der Waals surface area contributed by atoms with Gasteiger partial charge in [0.15, 0.2) is 0 Å². The van der Waals surface area contributed by atoms with Crippen LogP contribution in [0.3, 0.4) is 0 Å². The summed E-state index contributed by atoms with van der Waals surface area (Å²) in [5.74, 6) is 0.384. The number of rotatable bonds is 10. The van der Waals surface area contributed by atoms with E-state index >= 15 is 0 Å². The summed E-state index contributed by atoms with van der Waals surface area (Å²) in [6, 6.07) is 15.3. The van der Waals surface area contributed by atoms with E-state index in [0.717, 1.165) is 24.8 Å². The number of aldehydes is 1. The van der Waals surface area contributed by atoms with Gasteiger partial charge in [0, 0.05) is 29.6 Å². The number of sulfonamides is 1. The van der Waals surface area contributed by atoms with Gasteiger partial charge in [-0.1, -0.05) is 24.3 Å². The number of hydrogen-bond donors (Lipinski definition) is 2. The Morgan fingerprint density at radius 3 is 2.35 bits per heavy atom. The lowest BCUT2D eigenvalue weighted by Gasteiger charge is -2.11. The molecule has 31 heavy (non-hydrogen) atoms. The van der Waals surface area contributed by atoms with Crippen molar-refractivity contribution in [3.05, 3.63) is 66.4 Å². The first-order valence-corrected chi connectivity index (χ1v) is 11.3. The number of hydrogen-bond acceptors (Lipinski definition) is 7. The molecule has 0 aliphatic rings. The van der Waals surface area contributed by atoms with E-state index in [4.69, 9.17) is 0 Å². The fourth-order valence-corrected chi connectivity index (χ4v) is 3.92. The van der Waals surface area contributed by atoms with Gasteiger partial charge in [-0.3, -0.25) is 4.79 Å². The maximum absolute atomic E-state index is 12.4. The Kier molecular flexibility index (Phi) is 7.45. The minimum atomic E-state index is -3.55. The van der Waals surface area contributed by atoms with E-state index in [0.29, 0.717) is 29.4 Å². The zero-order valence-electron chi connectivity index (χ0n) is 17.4. The lowest BCUT2D eigenvalue weighted by molar-refractivity contribution is 0.112. The van der Waals surface area contributed by atoms with Gasteiger partial charge >= 0.3 is 0 Å². The number of benzene rings is 2. The van der Waals surface area contributed by atoms with Crippen LogP contribution in [-0.2, 0) is 10.0 Å². The quantitative estimate of drug-likeness (QED) is 0.370. The smallest absolute Gasteiger partial charge is 0.240 e. The fraction of sp³-hybridized carbons (Fsp3) is 0.227. The highest BCUT2D eigenvalue weighted by molar-refractivity contribution is 7.89. The maximum Gasteiger partial charge on any atom is 0.240 e. The highest BCUT2D eigenvalue weighted by Gasteiger charge is 2.13. The Morgan fingerprint density at radius 2 is 1.71 bits per heavy atom. The second-order valence-electron chi connectivity index (χ2n) is 7.21. The average Bonchev–Trinajstić information content (AvgIpc) is 2.77. The van der Waals surface area contributed by atoms with Gasteiger partial charge in [0.25, 0.3) is 0 Å². The third kappa shape index (κ3) is 6.42. The summed E-state index contributed by atoms with van der Waals surface area (Å²) in [6.45, 7) is 1.20. The summed E-state index contributed by atoms with van der Waals surface area (Å²) in [7, 11) is 0.346. The fourth-order valence-electron chi connectivity index (χ4n) is 2.84. The van der Waals surface area contributed by atoms with E-state index in [1.807, 2.05) is 31.1 Å². The predicted octanol–water partition coefficient (Wildman–Crippen LogP) is 2.93. The Labute approximate surface area is 182 Å². The van der Waals surface area contributed by atoms with Crippen molar-refractivity contribution in [2.75, 3.05) is 32.5 Å². The normalized spacial score (nSPS) is 11.5. The number of anilines is 2. The summed E-state index contributed by atoms with van der Waals surface area (Å²) in [6.07, 6.45) is 3.16. The van der Waals surface area contributed by atoms with Crippen molar-refractivity contribution in [3.8, 4) is 11.3 Å². The highest BCUT2D eigenvalue weighted by Crippen LogP contribution is 2.21. The van der Waals surface area contributed by atoms with Crippen molar-refractivity contribution in [1.29, 1.82) is 0 Å². The average molecular weight is 440 g/mol. The van der Waals surface area contributed by atoms with Gasteiger partial charge in [0.05, 0.1) is 10.6 Å². The van der Waals surface area contributed by atoms with Gasteiger partial charge in [0.1, 0.15) is 6.29 Å². The zero-order valence-corrected chi connectivity index (χ0v) is 18.3. The standard InChI is InChI=1S/C22H25N5O3S/c1-27(2)15-3-13-24-31(29,30)20-10-8-19(9-11-20)25-22-23-14-12-21(26-22)18-6-4-17(16-28)5-7-18/h4-12,14,16,24H,3,13,15H2,1-2H3,(H,23,25,26). The molecule has 0 amide bonds. The molecular weight excluding hydrogens is 414 g/mol. The van der Waals surface area contributed by atoms with E-state index in [1.54, 1.807) is 48.7 Å². The van der Waals surface area contributed by atoms with Gasteiger partial charge in [0.2, 0.25) is 16.0 Å². The zero-order chi connectivity index (χ0) is 22.3. The molecule has 1 aromatic heterocycles. The summed E-state index contributed by atoms with van der Waals surface area (Å²) in [4.78, 5) is 21.7. The van der Waals surface area contributed by atoms with Crippen LogP contribution in [0.1, 0.15) is 16.8 Å². The molecule has 0 atom stereocenters. The molecular formula is C22H25N5O3S. The van der Waals surface area contributed by atoms with Crippen molar-refractivity contribution in [3.63, 3.8) is 0 Å². The maximum atomic E-state index is 12.4. The van der Waals surface area contributed by atoms with E-state index in [9.17, 15) is 13.2 Å². The highest BCUT2D eigenvalue weighted by atomic mass is 32.2. The molecule has 2 N–H and O–H groups in total. The number of nitrogens with zero attached hydrogens (tertiary/aromatic N) is 3. The summed E-state index contributed by atoms with van der Waals surface area (Å²) >= 11 is 0. The Bertz CT molecular complexity index is 1110. The third-order valence-corrected chi connectivity index (χ3v) is 5.97. The van der Waals surface area contributed by atoms with Gasteiger partial charge in [-0.25, -0.2) is 23.1 Å². The molecule has 0 fully saturated rings. The summed E-state index contributed by atoms with van der Waals surface area (Å²) < 4.78 is 27.4. The molecule has 0 unspecified atom stereocenters. The van der Waals surface area contributed by atoms with Crippen LogP contribution in [0.25, 0.3) is 11.3 Å². The summed E-state index contributed by atoms with van der Waals surface area (Å²) in [5.41, 5.74) is 2.83. The first-order chi connectivity index (χ1) is 14.9. The molecule has 3 rings (SSSR count). The second-order valence-corrected chi connectivity index (χ2v) is 8.98. The van der Waals surface area contributed by atoms with Gasteiger partial charge in [-0.15, -0.1) is 0 Å². The van der Waals surface area contributed by atoms with Crippen molar-refractivity contribution >= 4 is 27.9 Å². The molecule has 0 saturated carbocycles. The van der Waals surface area contributed by atoms with Crippen LogP contribution in [0.5, 0.6) is 0 Å². The molecule has 3 aromatic rings. The molecule has 2 aromatic carbocycles. The van der Waals surface area contributed by atoms with Crippen LogP contribution >= 0.6 is 0 Å². The topological polar surface area (TPSA) is 104 Å². The first-order valence-electron chi connectivity index (χ1n) is 9.77. The minimum absolute atomic E-state index is 0.202. The molecule has 0 saturated heterocycles. The molecule has 162 valence electrons. The number of carbonyl (C=O) groups excluding carboxylic acids is 1. The monoisotopic (exact) mass is 439 g/mol. The van der Waals surface area contributed by atoms with E-state index in [-0.39, 0.29) is 4.90 Å². The number of nitrogens with one attached hydrogen (secondary N) is 2. The first kappa shape index (κ1) is 22.5. The Balaban J connectivity index is 1.66. The van der Waals surface area contributed by atoms with Gasteiger partial charge in [-0.2, -0.15) is 0 Å². The minimum Gasteiger partial charge on any atom is -0.324 e. The van der Waals surface area contributed by atoms with E-state index in [1.165, 1.54) is 0 Å². The van der Waals surface area contributed by atoms with Crippen molar-refractivity contribution < 1.29 is 13.2 Å². The molecule has 0 aliphatic carbocycles. The Hall–Kier alpha value is -3.14. The van der Waals surface area contributed by atoms with E-state index in [2.05, 4.69) is 20.0 Å². The van der Waals surface area contributed by atoms with Gasteiger partial charge in [-0.05, 0) is 57.4 Å². The molecule has 0 radical (unpaired) electrons. The van der Waals surface area contributed by atoms with Gasteiger partial charge < -0.3 is 10.2 Å². The molecule has 8 nitrogen and oxygen atoms in total. The predicted molar refractivity (Wildman–Crippen MR) is 121 cm³/mol.